The molecule has 4 unspecified atom stereocenters. The maximum Gasteiger partial charge on any atom is 1.00 e. The third kappa shape index (κ3) is 8.29. The fraction of sp³-hybridized carbons (Fsp3) is 0.458. The van der Waals surface area contributed by atoms with Crippen molar-refractivity contribution in [3.63, 3.8) is 0 Å². The van der Waals surface area contributed by atoms with Crippen molar-refractivity contribution in [1.29, 1.82) is 0 Å². The second-order valence-corrected chi connectivity index (χ2v) is 8.48. The van der Waals surface area contributed by atoms with E-state index in [0.29, 0.717) is 28.1 Å². The van der Waals surface area contributed by atoms with Crippen LogP contribution in [0.15, 0.2) is 30.3 Å². The first-order chi connectivity index (χ1) is 15.2. The van der Waals surface area contributed by atoms with E-state index in [9.17, 15) is 4.79 Å². The molecule has 0 bridgehead atoms. The summed E-state index contributed by atoms with van der Waals surface area (Å²) in [4.78, 5) is 13.4. The molecule has 0 fully saturated rings. The Balaban J connectivity index is 0.00000544. The van der Waals surface area contributed by atoms with Crippen molar-refractivity contribution < 1.29 is 53.5 Å². The van der Waals surface area contributed by atoms with Gasteiger partial charge in [-0.25, -0.2) is 0 Å². The topological polar surface area (TPSA) is 72.5 Å². The zero-order valence-electron chi connectivity index (χ0n) is 22.0. The van der Waals surface area contributed by atoms with Gasteiger partial charge in [0, 0.05) is 39.0 Å². The van der Waals surface area contributed by atoms with E-state index in [1.54, 1.807) is 54.2 Å². The molecular formula is C24H34LiO7P. The summed E-state index contributed by atoms with van der Waals surface area (Å²) >= 11 is 0. The third-order valence-corrected chi connectivity index (χ3v) is 6.09. The molecule has 0 aliphatic carbocycles. The second-order valence-electron chi connectivity index (χ2n) is 7.28. The summed E-state index contributed by atoms with van der Waals surface area (Å²) in [7, 11) is 4.40. The van der Waals surface area contributed by atoms with Crippen LogP contribution in [0, 0.1) is 13.8 Å². The first kappa shape index (κ1) is 29.4. The zero-order chi connectivity index (χ0) is 23.8. The Bertz CT molecular complexity index is 875. The van der Waals surface area contributed by atoms with Crippen LogP contribution < -0.4 is 38.4 Å². The predicted octanol–water partition coefficient (Wildman–Crippen LogP) is 1.68. The molecule has 4 atom stereocenters. The summed E-state index contributed by atoms with van der Waals surface area (Å²) in [6.45, 7) is 9.18. The molecule has 0 saturated carbocycles. The van der Waals surface area contributed by atoms with Gasteiger partial charge in [-0.3, -0.25) is 4.79 Å². The Kier molecular flexibility index (Phi) is 12.5. The van der Waals surface area contributed by atoms with Gasteiger partial charge in [0.2, 0.25) is 0 Å². The monoisotopic (exact) mass is 472 g/mol. The van der Waals surface area contributed by atoms with E-state index in [4.69, 9.17) is 28.4 Å². The van der Waals surface area contributed by atoms with Gasteiger partial charge < -0.3 is 29.8 Å². The smallest absolute Gasteiger partial charge is 1.00 e. The number of aryl methyl sites for hydroxylation is 2. The molecule has 2 aromatic rings. The minimum atomic E-state index is -0.545. The summed E-state index contributed by atoms with van der Waals surface area (Å²) in [6, 6.07) is 9.24. The Labute approximate surface area is 211 Å². The number of benzene rings is 2. The standard InChI is InChI=1S/C24H33O7P.Li.H/c1-14-10-9-11-15(2)22(14)24(25)32-23-20(30-17(4)27-7)12-19(29-16(3)26-6)13-21(23)31-18(5)28-8;;/h9-13,16-18,32H,1-8H3;;/q;+1;-1. The molecule has 0 aromatic heterocycles. The third-order valence-electron chi connectivity index (χ3n) is 4.87. The molecule has 2 rings (SSSR count). The number of hydrogen-bond donors (Lipinski definition) is 0. The molecule has 0 N–H and O–H groups in total. The van der Waals surface area contributed by atoms with Crippen molar-refractivity contribution in [2.75, 3.05) is 21.3 Å². The number of rotatable bonds is 12. The van der Waals surface area contributed by atoms with Crippen LogP contribution in [0.2, 0.25) is 0 Å². The summed E-state index contributed by atoms with van der Waals surface area (Å²) < 4.78 is 33.6. The number of ether oxygens (including phenoxy) is 6. The normalized spacial score (nSPS) is 13.8. The van der Waals surface area contributed by atoms with E-state index in [1.165, 1.54) is 0 Å². The van der Waals surface area contributed by atoms with E-state index in [0.717, 1.165) is 11.1 Å². The fourth-order valence-corrected chi connectivity index (χ4v) is 4.24. The zero-order valence-corrected chi connectivity index (χ0v) is 22.0. The molecule has 0 radical (unpaired) electrons. The number of carbonyl (C=O) groups excluding carboxylic acids is 1. The Morgan fingerprint density at radius 3 is 1.67 bits per heavy atom. The van der Waals surface area contributed by atoms with Gasteiger partial charge in [-0.05, 0) is 54.3 Å². The van der Waals surface area contributed by atoms with Crippen LogP contribution >= 0.6 is 8.58 Å². The van der Waals surface area contributed by atoms with Gasteiger partial charge in [0.05, 0.1) is 5.30 Å². The molecule has 9 heteroatoms. The van der Waals surface area contributed by atoms with Crippen molar-refractivity contribution >= 4 is 19.4 Å². The van der Waals surface area contributed by atoms with E-state index in [2.05, 4.69) is 0 Å². The van der Waals surface area contributed by atoms with Gasteiger partial charge in [-0.1, -0.05) is 18.2 Å². The molecule has 0 heterocycles. The van der Waals surface area contributed by atoms with E-state index < -0.39 is 18.9 Å². The molecule has 0 aliphatic rings. The molecular weight excluding hydrogens is 438 g/mol. The number of methoxy groups -OCH3 is 3. The van der Waals surface area contributed by atoms with Crippen LogP contribution in [0.1, 0.15) is 43.7 Å². The van der Waals surface area contributed by atoms with Gasteiger partial charge in [0.15, 0.2) is 24.4 Å². The molecule has 0 aliphatic heterocycles. The molecule has 33 heavy (non-hydrogen) atoms. The van der Waals surface area contributed by atoms with Gasteiger partial charge in [-0.2, -0.15) is 0 Å². The van der Waals surface area contributed by atoms with Gasteiger partial charge in [0.1, 0.15) is 17.2 Å². The SMILES string of the molecule is COC(C)Oc1cc(OC(C)OC)c(PC(=O)c2c(C)cccc2C)c(OC(C)OC)c1.[H-].[Li+]. The van der Waals surface area contributed by atoms with E-state index in [1.807, 2.05) is 32.0 Å². The second kappa shape index (κ2) is 14.0. The van der Waals surface area contributed by atoms with Crippen molar-refractivity contribution in [2.24, 2.45) is 0 Å². The largest absolute Gasteiger partial charge is 1.00 e. The van der Waals surface area contributed by atoms with Crippen molar-refractivity contribution in [2.45, 2.75) is 53.5 Å². The first-order valence-electron chi connectivity index (χ1n) is 10.3. The molecule has 0 saturated heterocycles. The first-order valence-corrected chi connectivity index (χ1v) is 11.3. The van der Waals surface area contributed by atoms with Gasteiger partial charge in [0.25, 0.3) is 0 Å². The van der Waals surface area contributed by atoms with E-state index in [-0.39, 0.29) is 34.4 Å². The van der Waals surface area contributed by atoms with Crippen LogP contribution in [0.5, 0.6) is 17.2 Å². The minimum Gasteiger partial charge on any atom is -1.00 e. The van der Waals surface area contributed by atoms with Crippen molar-refractivity contribution in [3.8, 4) is 17.2 Å². The molecule has 0 amide bonds. The van der Waals surface area contributed by atoms with Crippen LogP contribution in [0.4, 0.5) is 0 Å². The van der Waals surface area contributed by atoms with Gasteiger partial charge >= 0.3 is 18.9 Å². The Hall–Kier alpha value is -1.58. The molecule has 178 valence electrons. The fourth-order valence-electron chi connectivity index (χ4n) is 2.99. The average molecular weight is 472 g/mol. The van der Waals surface area contributed by atoms with Crippen LogP contribution in [-0.4, -0.2) is 45.7 Å². The Morgan fingerprint density at radius 2 is 1.24 bits per heavy atom. The predicted molar refractivity (Wildman–Crippen MR) is 127 cm³/mol. The minimum absolute atomic E-state index is 0. The van der Waals surface area contributed by atoms with Crippen molar-refractivity contribution in [3.05, 3.63) is 47.0 Å². The number of hydrogen-bond acceptors (Lipinski definition) is 7. The molecule has 2 aromatic carbocycles. The Morgan fingerprint density at radius 1 is 0.818 bits per heavy atom. The summed E-state index contributed by atoms with van der Waals surface area (Å²) in [6.07, 6.45) is -1.58. The summed E-state index contributed by atoms with van der Waals surface area (Å²) in [5, 5.41) is 0.614. The van der Waals surface area contributed by atoms with Gasteiger partial charge in [-0.15, -0.1) is 0 Å². The average Bonchev–Trinajstić information content (AvgIpc) is 2.75. The quantitative estimate of drug-likeness (QED) is 0.264. The van der Waals surface area contributed by atoms with E-state index >= 15 is 0 Å². The number of carbonyl (C=O) groups is 1. The maximum absolute atomic E-state index is 13.4. The van der Waals surface area contributed by atoms with Crippen LogP contribution in [-0.2, 0) is 14.2 Å². The molecule has 0 spiro atoms. The molecule has 7 nitrogen and oxygen atoms in total. The summed E-state index contributed by atoms with van der Waals surface area (Å²) in [5.74, 6) is 1.36. The van der Waals surface area contributed by atoms with Crippen LogP contribution in [0.3, 0.4) is 0 Å². The summed E-state index contributed by atoms with van der Waals surface area (Å²) in [5.41, 5.74) is 2.55. The van der Waals surface area contributed by atoms with Crippen LogP contribution in [0.25, 0.3) is 0 Å². The maximum atomic E-state index is 13.4. The van der Waals surface area contributed by atoms with Crippen molar-refractivity contribution in [1.82, 2.24) is 0 Å².